The van der Waals surface area contributed by atoms with Gasteiger partial charge in [0.1, 0.15) is 11.5 Å². The first kappa shape index (κ1) is 15.5. The molecule has 0 atom stereocenters. The number of rotatable bonds is 4. The average Bonchev–Trinajstić information content (AvgIpc) is 3.24. The number of hydrogen-bond donors (Lipinski definition) is 3. The van der Waals surface area contributed by atoms with Crippen molar-refractivity contribution >= 4 is 11.8 Å². The zero-order valence-electron chi connectivity index (χ0n) is 13.0. The zero-order valence-corrected chi connectivity index (χ0v) is 13.0. The van der Waals surface area contributed by atoms with Crippen molar-refractivity contribution in [2.24, 2.45) is 0 Å². The molecule has 0 bridgehead atoms. The van der Waals surface area contributed by atoms with E-state index in [4.69, 9.17) is 4.42 Å². The summed E-state index contributed by atoms with van der Waals surface area (Å²) in [6.07, 6.45) is 1.63. The lowest BCUT2D eigenvalue weighted by molar-refractivity contribution is -0.121. The van der Waals surface area contributed by atoms with Crippen LogP contribution in [0.5, 0.6) is 0 Å². The molecule has 0 fully saturated rings. The Kier molecular flexibility index (Phi) is 4.42. The first-order valence-corrected chi connectivity index (χ1v) is 7.38. The van der Waals surface area contributed by atoms with Crippen LogP contribution in [0.2, 0.25) is 0 Å². The van der Waals surface area contributed by atoms with Crippen LogP contribution in [-0.2, 0) is 11.2 Å². The van der Waals surface area contributed by atoms with Crippen molar-refractivity contribution in [2.45, 2.75) is 13.3 Å². The molecule has 0 spiro atoms. The summed E-state index contributed by atoms with van der Waals surface area (Å²) >= 11 is 0. The van der Waals surface area contributed by atoms with E-state index in [2.05, 4.69) is 20.8 Å². The molecule has 0 aliphatic heterocycles. The molecule has 7 heteroatoms. The molecule has 0 aliphatic rings. The Bertz CT molecular complexity index is 838. The minimum absolute atomic E-state index is 0.00712. The van der Waals surface area contributed by atoms with E-state index < -0.39 is 5.91 Å². The smallest absolute Gasteiger partial charge is 0.286 e. The fourth-order valence-electron chi connectivity index (χ4n) is 2.16. The van der Waals surface area contributed by atoms with E-state index in [-0.39, 0.29) is 12.3 Å². The average molecular weight is 324 g/mol. The van der Waals surface area contributed by atoms with Gasteiger partial charge in [0, 0.05) is 11.8 Å². The van der Waals surface area contributed by atoms with Crippen LogP contribution in [0.3, 0.4) is 0 Å². The topological polar surface area (TPSA) is 100 Å². The van der Waals surface area contributed by atoms with Gasteiger partial charge in [-0.15, -0.1) is 0 Å². The maximum atomic E-state index is 12.0. The Morgan fingerprint density at radius 3 is 2.62 bits per heavy atom. The summed E-state index contributed by atoms with van der Waals surface area (Å²) in [5.74, 6) is 0.229. The van der Waals surface area contributed by atoms with Gasteiger partial charge in [0.25, 0.3) is 5.91 Å². The summed E-state index contributed by atoms with van der Waals surface area (Å²) in [6, 6.07) is 12.7. The fraction of sp³-hybridized carbons (Fsp3) is 0.118. The molecule has 2 heterocycles. The summed E-state index contributed by atoms with van der Waals surface area (Å²) < 4.78 is 5.60. The van der Waals surface area contributed by atoms with Gasteiger partial charge in [0.05, 0.1) is 12.1 Å². The predicted octanol–water partition coefficient (Wildman–Crippen LogP) is 1.98. The van der Waals surface area contributed by atoms with Gasteiger partial charge >= 0.3 is 0 Å². The Hall–Kier alpha value is -3.35. The maximum absolute atomic E-state index is 12.0. The normalized spacial score (nSPS) is 10.4. The van der Waals surface area contributed by atoms with E-state index >= 15 is 0 Å². The molecule has 7 nitrogen and oxygen atoms in total. The third kappa shape index (κ3) is 3.52. The van der Waals surface area contributed by atoms with Crippen LogP contribution in [0, 0.1) is 6.92 Å². The van der Waals surface area contributed by atoms with E-state index in [1.807, 2.05) is 30.3 Å². The van der Waals surface area contributed by atoms with E-state index in [1.54, 1.807) is 25.3 Å². The van der Waals surface area contributed by atoms with Crippen molar-refractivity contribution in [3.63, 3.8) is 0 Å². The lowest BCUT2D eigenvalue weighted by Gasteiger charge is -2.05. The Balaban J connectivity index is 1.60. The molecule has 0 aliphatic carbocycles. The lowest BCUT2D eigenvalue weighted by Crippen LogP contribution is -2.42. The quantitative estimate of drug-likeness (QED) is 0.639. The van der Waals surface area contributed by atoms with Crippen molar-refractivity contribution in [3.8, 4) is 11.5 Å². The molecule has 122 valence electrons. The number of aromatic amines is 1. The standard InChI is InChI=1S/C17H16N4O3/c1-11-14(19-17(24-11)12-6-3-2-4-7-12)10-15(22)20-21-16(23)13-8-5-9-18-13/h2-9,18H,10H2,1H3,(H,20,22)(H,21,23). The molecule has 24 heavy (non-hydrogen) atoms. The van der Waals surface area contributed by atoms with Gasteiger partial charge in [-0.05, 0) is 31.2 Å². The number of H-pyrrole nitrogens is 1. The molecule has 0 saturated carbocycles. The van der Waals surface area contributed by atoms with Crippen LogP contribution in [-0.4, -0.2) is 21.8 Å². The highest BCUT2D eigenvalue weighted by molar-refractivity contribution is 5.93. The molecule has 2 amide bonds. The molecule has 1 aromatic carbocycles. The van der Waals surface area contributed by atoms with Gasteiger partial charge in [-0.1, -0.05) is 18.2 Å². The van der Waals surface area contributed by atoms with Crippen molar-refractivity contribution in [1.29, 1.82) is 0 Å². The number of benzene rings is 1. The van der Waals surface area contributed by atoms with Crippen LogP contribution >= 0.6 is 0 Å². The largest absolute Gasteiger partial charge is 0.441 e. The molecule has 2 aromatic heterocycles. The monoisotopic (exact) mass is 324 g/mol. The molecule has 0 saturated heterocycles. The zero-order chi connectivity index (χ0) is 16.9. The number of hydrazine groups is 1. The van der Waals surface area contributed by atoms with Gasteiger partial charge in [-0.3, -0.25) is 20.4 Å². The van der Waals surface area contributed by atoms with Crippen LogP contribution in [0.15, 0.2) is 53.1 Å². The molecule has 3 aromatic rings. The van der Waals surface area contributed by atoms with E-state index in [0.717, 1.165) is 5.56 Å². The van der Waals surface area contributed by atoms with Crippen molar-refractivity contribution in [3.05, 3.63) is 65.8 Å². The van der Waals surface area contributed by atoms with Crippen molar-refractivity contribution in [1.82, 2.24) is 20.8 Å². The number of carbonyl (C=O) groups is 2. The number of carbonyl (C=O) groups excluding carboxylic acids is 2. The van der Waals surface area contributed by atoms with Crippen molar-refractivity contribution < 1.29 is 14.0 Å². The SMILES string of the molecule is Cc1oc(-c2ccccc2)nc1CC(=O)NNC(=O)c1ccc[nH]1. The van der Waals surface area contributed by atoms with Gasteiger partial charge in [0.2, 0.25) is 11.8 Å². The van der Waals surface area contributed by atoms with Crippen LogP contribution in [0.4, 0.5) is 0 Å². The van der Waals surface area contributed by atoms with Crippen molar-refractivity contribution in [2.75, 3.05) is 0 Å². The number of aromatic nitrogens is 2. The number of hydrogen-bond acceptors (Lipinski definition) is 4. The highest BCUT2D eigenvalue weighted by atomic mass is 16.4. The summed E-state index contributed by atoms with van der Waals surface area (Å²) in [5.41, 5.74) is 6.42. The second-order valence-corrected chi connectivity index (χ2v) is 5.15. The summed E-state index contributed by atoms with van der Waals surface area (Å²) in [4.78, 5) is 30.8. The molecule has 0 unspecified atom stereocenters. The van der Waals surface area contributed by atoms with Crippen LogP contribution < -0.4 is 10.9 Å². The maximum Gasteiger partial charge on any atom is 0.286 e. The van der Waals surface area contributed by atoms with Gasteiger partial charge in [-0.2, -0.15) is 0 Å². The molecular formula is C17H16N4O3. The fourth-order valence-corrected chi connectivity index (χ4v) is 2.16. The van der Waals surface area contributed by atoms with Gasteiger partial charge in [-0.25, -0.2) is 4.98 Å². The third-order valence-corrected chi connectivity index (χ3v) is 3.40. The molecule has 3 rings (SSSR count). The summed E-state index contributed by atoms with van der Waals surface area (Å²) in [7, 11) is 0. The summed E-state index contributed by atoms with van der Waals surface area (Å²) in [5, 5.41) is 0. The number of nitrogens with zero attached hydrogens (tertiary/aromatic N) is 1. The third-order valence-electron chi connectivity index (χ3n) is 3.40. The van der Waals surface area contributed by atoms with Gasteiger partial charge in [0.15, 0.2) is 0 Å². The number of nitrogens with one attached hydrogen (secondary N) is 3. The Labute approximate surface area is 138 Å². The number of oxazole rings is 1. The van der Waals surface area contributed by atoms with Crippen LogP contribution in [0.1, 0.15) is 21.9 Å². The second-order valence-electron chi connectivity index (χ2n) is 5.15. The number of amides is 2. The minimum atomic E-state index is -0.421. The molecular weight excluding hydrogens is 308 g/mol. The van der Waals surface area contributed by atoms with Gasteiger partial charge < -0.3 is 9.40 Å². The minimum Gasteiger partial charge on any atom is -0.441 e. The highest BCUT2D eigenvalue weighted by Crippen LogP contribution is 2.21. The van der Waals surface area contributed by atoms with E-state index in [1.165, 1.54) is 0 Å². The summed E-state index contributed by atoms with van der Waals surface area (Å²) in [6.45, 7) is 1.75. The second kappa shape index (κ2) is 6.82. The Morgan fingerprint density at radius 2 is 1.92 bits per heavy atom. The Morgan fingerprint density at radius 1 is 1.12 bits per heavy atom. The van der Waals surface area contributed by atoms with Crippen LogP contribution in [0.25, 0.3) is 11.5 Å². The first-order valence-electron chi connectivity index (χ1n) is 7.38. The molecule has 3 N–H and O–H groups in total. The van der Waals surface area contributed by atoms with E-state index in [9.17, 15) is 9.59 Å². The van der Waals surface area contributed by atoms with E-state index in [0.29, 0.717) is 23.0 Å². The highest BCUT2D eigenvalue weighted by Gasteiger charge is 2.15. The first-order chi connectivity index (χ1) is 11.6. The predicted molar refractivity (Wildman–Crippen MR) is 86.8 cm³/mol. The number of aryl methyl sites for hydroxylation is 1. The lowest BCUT2D eigenvalue weighted by atomic mass is 10.2. The molecule has 0 radical (unpaired) electrons.